The molecule has 0 fully saturated rings. The van der Waals surface area contributed by atoms with Gasteiger partial charge in [0.05, 0.1) is 11.1 Å². The van der Waals surface area contributed by atoms with Gasteiger partial charge in [0.1, 0.15) is 11.5 Å². The standard InChI is InChI=1S/C15H8F3NO6S/c16-15(17,18)26(22,23)25-19-13(20)11-7-6-10(8-12(11)14(19)21)24-9-4-2-1-3-5-9/h1-8H. The summed E-state index contributed by atoms with van der Waals surface area (Å²) in [6, 6.07) is 11.9. The molecule has 1 aliphatic rings. The lowest BCUT2D eigenvalue weighted by Gasteiger charge is -2.14. The molecule has 3 rings (SSSR count). The van der Waals surface area contributed by atoms with Crippen LogP contribution in [0, 0.1) is 0 Å². The molecule has 1 aliphatic heterocycles. The predicted molar refractivity (Wildman–Crippen MR) is 79.5 cm³/mol. The molecule has 0 saturated heterocycles. The lowest BCUT2D eigenvalue weighted by Crippen LogP contribution is -2.37. The normalized spacial score (nSPS) is 14.5. The zero-order valence-electron chi connectivity index (χ0n) is 12.6. The van der Waals surface area contributed by atoms with Crippen molar-refractivity contribution in [1.82, 2.24) is 5.06 Å². The summed E-state index contributed by atoms with van der Waals surface area (Å²) in [7, 11) is -6.17. The van der Waals surface area contributed by atoms with E-state index in [2.05, 4.69) is 4.28 Å². The topological polar surface area (TPSA) is 90.0 Å². The molecule has 0 atom stereocenters. The van der Waals surface area contributed by atoms with Gasteiger partial charge in [-0.1, -0.05) is 18.2 Å². The van der Waals surface area contributed by atoms with Crippen molar-refractivity contribution < 1.29 is 40.2 Å². The van der Waals surface area contributed by atoms with Crippen LogP contribution < -0.4 is 4.74 Å². The summed E-state index contributed by atoms with van der Waals surface area (Å²) in [5.41, 5.74) is -6.45. The van der Waals surface area contributed by atoms with Gasteiger partial charge < -0.3 is 4.74 Å². The molecule has 2 amide bonds. The van der Waals surface area contributed by atoms with Gasteiger partial charge in [0.25, 0.3) is 11.8 Å². The first-order valence-corrected chi connectivity index (χ1v) is 8.27. The number of hydrogen-bond acceptors (Lipinski definition) is 6. The van der Waals surface area contributed by atoms with Crippen LogP contribution >= 0.6 is 0 Å². The van der Waals surface area contributed by atoms with Gasteiger partial charge >= 0.3 is 15.6 Å². The Labute approximate surface area is 144 Å². The second kappa shape index (κ2) is 6.11. The number of alkyl halides is 3. The fraction of sp³-hybridized carbons (Fsp3) is 0.0667. The highest BCUT2D eigenvalue weighted by Crippen LogP contribution is 2.32. The number of benzene rings is 2. The van der Waals surface area contributed by atoms with Gasteiger partial charge in [0.15, 0.2) is 0 Å². The number of halogens is 3. The average Bonchev–Trinajstić information content (AvgIpc) is 2.79. The summed E-state index contributed by atoms with van der Waals surface area (Å²) < 4.78 is 68.4. The van der Waals surface area contributed by atoms with Crippen molar-refractivity contribution in [2.45, 2.75) is 5.51 Å². The molecule has 1 heterocycles. The Bertz CT molecular complexity index is 988. The van der Waals surface area contributed by atoms with E-state index in [0.717, 1.165) is 12.1 Å². The first kappa shape index (κ1) is 17.9. The number of para-hydroxylation sites is 1. The molecule has 0 bridgehead atoms. The lowest BCUT2D eigenvalue weighted by molar-refractivity contribution is -0.0748. The summed E-state index contributed by atoms with van der Waals surface area (Å²) in [6.07, 6.45) is 0. The van der Waals surface area contributed by atoms with Crippen LogP contribution in [0.2, 0.25) is 0 Å². The number of amides is 2. The van der Waals surface area contributed by atoms with Crippen LogP contribution in [0.15, 0.2) is 48.5 Å². The second-order valence-corrected chi connectivity index (χ2v) is 6.52. The van der Waals surface area contributed by atoms with E-state index in [-0.39, 0.29) is 16.9 Å². The van der Waals surface area contributed by atoms with Gasteiger partial charge in [0.2, 0.25) is 0 Å². The molecular formula is C15H8F3NO6S. The van der Waals surface area contributed by atoms with Crippen molar-refractivity contribution in [3.63, 3.8) is 0 Å². The second-order valence-electron chi connectivity index (χ2n) is 5.00. The first-order chi connectivity index (χ1) is 12.1. The SMILES string of the molecule is O=C1c2ccc(Oc3ccccc3)cc2C(=O)N1OS(=O)(=O)C(F)(F)F. The highest BCUT2D eigenvalue weighted by Gasteiger charge is 2.52. The van der Waals surface area contributed by atoms with E-state index in [4.69, 9.17) is 4.74 Å². The molecule has 0 radical (unpaired) electrons. The third-order valence-corrected chi connectivity index (χ3v) is 4.17. The molecule has 0 spiro atoms. The zero-order chi connectivity index (χ0) is 19.1. The predicted octanol–water partition coefficient (Wildman–Crippen LogP) is 2.86. The molecule has 0 aromatic heterocycles. The Morgan fingerprint density at radius 1 is 0.846 bits per heavy atom. The van der Waals surface area contributed by atoms with E-state index < -0.39 is 32.5 Å². The third kappa shape index (κ3) is 3.13. The molecule has 0 unspecified atom stereocenters. The molecule has 7 nitrogen and oxygen atoms in total. The smallest absolute Gasteiger partial charge is 0.457 e. The number of rotatable bonds is 4. The molecule has 2 aromatic carbocycles. The molecule has 0 aliphatic carbocycles. The highest BCUT2D eigenvalue weighted by molar-refractivity contribution is 7.87. The van der Waals surface area contributed by atoms with E-state index in [1.807, 2.05) is 0 Å². The van der Waals surface area contributed by atoms with Gasteiger partial charge in [-0.25, -0.2) is 0 Å². The number of nitrogens with zero attached hydrogens (tertiary/aromatic N) is 1. The molecule has 136 valence electrons. The highest BCUT2D eigenvalue weighted by atomic mass is 32.2. The van der Waals surface area contributed by atoms with Crippen LogP contribution in [0.1, 0.15) is 20.7 Å². The van der Waals surface area contributed by atoms with Gasteiger partial charge in [0, 0.05) is 0 Å². The molecular weight excluding hydrogens is 379 g/mol. The van der Waals surface area contributed by atoms with Gasteiger partial charge in [-0.3, -0.25) is 9.59 Å². The van der Waals surface area contributed by atoms with Crippen LogP contribution in [-0.2, 0) is 14.4 Å². The number of carbonyl (C=O) groups excluding carboxylic acids is 2. The van der Waals surface area contributed by atoms with Crippen LogP contribution in [0.4, 0.5) is 13.2 Å². The number of carbonyl (C=O) groups is 2. The fourth-order valence-electron chi connectivity index (χ4n) is 2.09. The van der Waals surface area contributed by atoms with Crippen LogP contribution in [0.3, 0.4) is 0 Å². The van der Waals surface area contributed by atoms with Gasteiger partial charge in [-0.15, -0.1) is 9.35 Å². The number of imide groups is 1. The third-order valence-electron chi connectivity index (χ3n) is 3.26. The van der Waals surface area contributed by atoms with Crippen molar-refractivity contribution in [2.24, 2.45) is 0 Å². The minimum absolute atomic E-state index is 0.122. The number of fused-ring (bicyclic) bond motifs is 1. The minimum Gasteiger partial charge on any atom is -0.457 e. The Morgan fingerprint density at radius 3 is 2.08 bits per heavy atom. The molecule has 2 aromatic rings. The van der Waals surface area contributed by atoms with Crippen molar-refractivity contribution in [1.29, 1.82) is 0 Å². The first-order valence-electron chi connectivity index (χ1n) is 6.87. The maximum absolute atomic E-state index is 12.4. The van der Waals surface area contributed by atoms with Crippen molar-refractivity contribution in [3.05, 3.63) is 59.7 Å². The summed E-state index contributed by atoms with van der Waals surface area (Å²) in [4.78, 5) is 24.1. The van der Waals surface area contributed by atoms with Crippen molar-refractivity contribution in [3.8, 4) is 11.5 Å². The maximum Gasteiger partial charge on any atom is 0.525 e. The summed E-state index contributed by atoms with van der Waals surface area (Å²) in [5.74, 6) is -2.14. The minimum atomic E-state index is -6.17. The van der Waals surface area contributed by atoms with E-state index in [1.54, 1.807) is 30.3 Å². The van der Waals surface area contributed by atoms with Crippen LogP contribution in [0.5, 0.6) is 11.5 Å². The maximum atomic E-state index is 12.4. The zero-order valence-corrected chi connectivity index (χ0v) is 13.4. The van der Waals surface area contributed by atoms with Gasteiger partial charge in [-0.05, 0) is 30.3 Å². The summed E-state index contributed by atoms with van der Waals surface area (Å²) >= 11 is 0. The molecule has 26 heavy (non-hydrogen) atoms. The molecule has 11 heteroatoms. The van der Waals surface area contributed by atoms with Crippen LogP contribution in [-0.4, -0.2) is 30.8 Å². The Kier molecular flexibility index (Phi) is 4.20. The molecule has 0 N–H and O–H groups in total. The van der Waals surface area contributed by atoms with E-state index in [9.17, 15) is 31.2 Å². The Morgan fingerprint density at radius 2 is 1.46 bits per heavy atom. The number of hydrogen-bond donors (Lipinski definition) is 0. The summed E-state index contributed by atoms with van der Waals surface area (Å²) in [6.45, 7) is 0. The molecule has 0 saturated carbocycles. The Balaban J connectivity index is 1.89. The van der Waals surface area contributed by atoms with Crippen molar-refractivity contribution >= 4 is 21.9 Å². The van der Waals surface area contributed by atoms with Crippen molar-refractivity contribution in [2.75, 3.05) is 0 Å². The monoisotopic (exact) mass is 387 g/mol. The Hall–Kier alpha value is -2.92. The van der Waals surface area contributed by atoms with Crippen LogP contribution in [0.25, 0.3) is 0 Å². The number of hydroxylamine groups is 2. The summed E-state index contributed by atoms with van der Waals surface area (Å²) in [5, 5.41) is -0.445. The average molecular weight is 387 g/mol. The lowest BCUT2D eigenvalue weighted by atomic mass is 10.1. The number of ether oxygens (including phenoxy) is 1. The quantitative estimate of drug-likeness (QED) is 0.592. The van der Waals surface area contributed by atoms with E-state index in [0.29, 0.717) is 5.75 Å². The van der Waals surface area contributed by atoms with Gasteiger partial charge in [-0.2, -0.15) is 21.6 Å². The largest absolute Gasteiger partial charge is 0.525 e. The van der Waals surface area contributed by atoms with E-state index in [1.165, 1.54) is 6.07 Å². The van der Waals surface area contributed by atoms with E-state index >= 15 is 0 Å². The fourth-order valence-corrected chi connectivity index (χ4v) is 2.51.